The Kier molecular flexibility index (Phi) is 18.1. The third-order valence-corrected chi connectivity index (χ3v) is 13.5. The number of nitrogens with one attached hydrogen (secondary N) is 5. The Balaban J connectivity index is 1.89. The number of ether oxygens (including phenoxy) is 1. The second kappa shape index (κ2) is 22.7. The van der Waals surface area contributed by atoms with Crippen molar-refractivity contribution in [2.45, 2.75) is 156 Å². The van der Waals surface area contributed by atoms with Crippen LogP contribution in [0.3, 0.4) is 0 Å². The molecule has 3 aliphatic heterocycles. The number of carbonyl (C=O) groups is 9. The zero-order valence-corrected chi connectivity index (χ0v) is 40.7. The molecule has 67 heavy (non-hydrogen) atoms. The minimum Gasteiger partial charge on any atom is -0.508 e. The van der Waals surface area contributed by atoms with Gasteiger partial charge in [0.2, 0.25) is 47.3 Å². The molecular weight excluding hydrogens is 865 g/mol. The lowest BCUT2D eigenvalue weighted by molar-refractivity contribution is -0.158. The van der Waals surface area contributed by atoms with Crippen molar-refractivity contribution in [3.05, 3.63) is 42.1 Å². The Morgan fingerprint density at radius 2 is 1.49 bits per heavy atom. The number of likely N-dealkylation sites (N-methyl/N-ethyl adjacent to an activating group) is 1. The average molecular weight is 937 g/mol. The van der Waals surface area contributed by atoms with E-state index < -0.39 is 131 Å². The number of benzene rings is 1. The number of primary amides is 1. The Morgan fingerprint density at radius 1 is 0.866 bits per heavy atom. The molecule has 0 radical (unpaired) electrons. The molecule has 1 aromatic rings. The molecular formula is C48H72N8O11. The molecule has 19 nitrogen and oxygen atoms in total. The topological polar surface area (TPSA) is 276 Å². The van der Waals surface area contributed by atoms with E-state index in [-0.39, 0.29) is 37.4 Å². The summed E-state index contributed by atoms with van der Waals surface area (Å²) in [5, 5.41) is 23.8. The first kappa shape index (κ1) is 53.6. The van der Waals surface area contributed by atoms with Crippen LogP contribution in [0.2, 0.25) is 0 Å². The monoisotopic (exact) mass is 937 g/mol. The van der Waals surface area contributed by atoms with Crippen molar-refractivity contribution in [2.75, 3.05) is 7.05 Å². The fraction of sp³-hybridized carbons (Fsp3) is 0.646. The lowest BCUT2D eigenvalue weighted by Crippen LogP contribution is -2.62. The van der Waals surface area contributed by atoms with Crippen LogP contribution in [0.5, 0.6) is 5.75 Å². The SMILES string of the molecule is CCC(C)[C@@H]1NC(=O)[C@H](Cc2ccc(O)cc2)N(C)C(=O)[C@H](C(C)CC)N2C=CC3(NC(=O)[C@H](CC(C)C)NC(=O)[C@@H](NC(=O)[C@H](CCC(N)=O)NC(=O)C(C)C)[C@@H](C)OC1=O)[C@H](C2=O)[C@@H]3C. The second-order valence-corrected chi connectivity index (χ2v) is 19.3. The van der Waals surface area contributed by atoms with E-state index in [2.05, 4.69) is 26.6 Å². The summed E-state index contributed by atoms with van der Waals surface area (Å²) in [4.78, 5) is 129. The first-order valence-electron chi connectivity index (χ1n) is 23.5. The Bertz CT molecular complexity index is 2060. The van der Waals surface area contributed by atoms with E-state index in [1.165, 1.54) is 42.1 Å². The summed E-state index contributed by atoms with van der Waals surface area (Å²) in [6.07, 6.45) is 2.08. The fourth-order valence-electron chi connectivity index (χ4n) is 8.70. The third kappa shape index (κ3) is 12.7. The first-order valence-corrected chi connectivity index (χ1v) is 23.5. The van der Waals surface area contributed by atoms with Crippen molar-refractivity contribution in [1.82, 2.24) is 36.4 Å². The van der Waals surface area contributed by atoms with Gasteiger partial charge in [0.1, 0.15) is 48.1 Å². The third-order valence-electron chi connectivity index (χ3n) is 13.5. The maximum atomic E-state index is 14.9. The Hall–Kier alpha value is -6.01. The maximum Gasteiger partial charge on any atom is 0.329 e. The van der Waals surface area contributed by atoms with Crippen LogP contribution >= 0.6 is 0 Å². The van der Waals surface area contributed by atoms with Crippen LogP contribution in [0, 0.1) is 35.5 Å². The van der Waals surface area contributed by atoms with Gasteiger partial charge in [-0.15, -0.1) is 0 Å². The number of aromatic hydroxyl groups is 1. The summed E-state index contributed by atoms with van der Waals surface area (Å²) in [6.45, 7) is 17.2. The molecule has 8 amide bonds. The number of phenols is 1. The summed E-state index contributed by atoms with van der Waals surface area (Å²) in [6, 6.07) is -1.88. The minimum atomic E-state index is -1.70. The summed E-state index contributed by atoms with van der Waals surface area (Å²) in [5.74, 6) is -9.30. The van der Waals surface area contributed by atoms with Crippen molar-refractivity contribution >= 4 is 53.2 Å². The van der Waals surface area contributed by atoms with Crippen LogP contribution in [0.4, 0.5) is 0 Å². The van der Waals surface area contributed by atoms with E-state index in [1.807, 2.05) is 27.7 Å². The van der Waals surface area contributed by atoms with E-state index in [9.17, 15) is 48.3 Å². The highest BCUT2D eigenvalue weighted by Crippen LogP contribution is 2.55. The molecule has 8 N–H and O–H groups in total. The largest absolute Gasteiger partial charge is 0.508 e. The molecule has 2 fully saturated rings. The summed E-state index contributed by atoms with van der Waals surface area (Å²) >= 11 is 0. The zero-order chi connectivity index (χ0) is 50.2. The van der Waals surface area contributed by atoms with E-state index in [0.717, 1.165) is 0 Å². The van der Waals surface area contributed by atoms with Gasteiger partial charge in [0.15, 0.2) is 0 Å². The van der Waals surface area contributed by atoms with E-state index >= 15 is 0 Å². The number of fused-ring (bicyclic) bond motifs is 15. The summed E-state index contributed by atoms with van der Waals surface area (Å²) < 4.78 is 5.95. The molecule has 5 rings (SSSR count). The highest BCUT2D eigenvalue weighted by molar-refractivity contribution is 5.99. The number of phenolic OH excluding ortho intramolecular Hbond substituents is 1. The predicted molar refractivity (Wildman–Crippen MR) is 247 cm³/mol. The fourth-order valence-corrected chi connectivity index (χ4v) is 8.70. The molecule has 3 unspecified atom stereocenters. The van der Waals surface area contributed by atoms with Gasteiger partial charge < -0.3 is 52.0 Å². The molecule has 1 aliphatic carbocycles. The first-order chi connectivity index (χ1) is 31.4. The van der Waals surface area contributed by atoms with Crippen molar-refractivity contribution in [3.63, 3.8) is 0 Å². The van der Waals surface area contributed by atoms with Crippen molar-refractivity contribution in [2.24, 2.45) is 41.2 Å². The summed E-state index contributed by atoms with van der Waals surface area (Å²) in [5.41, 5.74) is 4.81. The Morgan fingerprint density at radius 3 is 2.06 bits per heavy atom. The van der Waals surface area contributed by atoms with Crippen LogP contribution in [-0.2, 0) is 54.3 Å². The molecule has 0 aromatic heterocycles. The number of esters is 1. The predicted octanol–water partition coefficient (Wildman–Crippen LogP) is 1.55. The molecule has 1 saturated carbocycles. The van der Waals surface area contributed by atoms with Gasteiger partial charge in [0.05, 0.1) is 11.5 Å². The van der Waals surface area contributed by atoms with Crippen LogP contribution < -0.4 is 32.3 Å². The molecule has 1 saturated heterocycles. The minimum absolute atomic E-state index is 0.0172. The molecule has 3 heterocycles. The molecule has 2 bridgehead atoms. The van der Waals surface area contributed by atoms with Crippen molar-refractivity contribution in [3.8, 4) is 5.75 Å². The number of rotatable bonds is 15. The Labute approximate surface area is 393 Å². The molecule has 1 aromatic carbocycles. The van der Waals surface area contributed by atoms with Crippen LogP contribution in [0.15, 0.2) is 36.5 Å². The molecule has 12 atom stereocenters. The number of hydrogen-bond acceptors (Lipinski definition) is 11. The van der Waals surface area contributed by atoms with Gasteiger partial charge in [0.25, 0.3) is 0 Å². The van der Waals surface area contributed by atoms with E-state index in [4.69, 9.17) is 10.5 Å². The van der Waals surface area contributed by atoms with E-state index in [1.54, 1.807) is 52.8 Å². The van der Waals surface area contributed by atoms with Gasteiger partial charge in [-0.1, -0.05) is 87.3 Å². The van der Waals surface area contributed by atoms with Gasteiger partial charge in [0, 0.05) is 32.0 Å². The van der Waals surface area contributed by atoms with Gasteiger partial charge in [-0.25, -0.2) is 4.79 Å². The lowest BCUT2D eigenvalue weighted by Gasteiger charge is -2.39. The van der Waals surface area contributed by atoms with E-state index in [0.29, 0.717) is 18.4 Å². The highest BCUT2D eigenvalue weighted by Gasteiger charge is 2.68. The molecule has 370 valence electrons. The van der Waals surface area contributed by atoms with Crippen LogP contribution in [0.1, 0.15) is 107 Å². The number of nitrogens with two attached hydrogens (primary N) is 1. The smallest absolute Gasteiger partial charge is 0.329 e. The van der Waals surface area contributed by atoms with Gasteiger partial charge in [-0.05, 0) is 67.2 Å². The quantitative estimate of drug-likeness (QED) is 0.0979. The lowest BCUT2D eigenvalue weighted by atomic mass is 9.93. The van der Waals surface area contributed by atoms with Crippen LogP contribution in [0.25, 0.3) is 0 Å². The maximum absolute atomic E-state index is 14.9. The molecule has 1 spiro atoms. The van der Waals surface area contributed by atoms with Gasteiger partial charge in [-0.3, -0.25) is 38.4 Å². The number of nitrogens with zero attached hydrogens (tertiary/aromatic N) is 2. The molecule has 19 heteroatoms. The van der Waals surface area contributed by atoms with Crippen molar-refractivity contribution < 1.29 is 53.0 Å². The molecule has 4 aliphatic rings. The average Bonchev–Trinajstić information content (AvgIpc) is 3.86. The normalized spacial score (nSPS) is 28.7. The highest BCUT2D eigenvalue weighted by atomic mass is 16.5. The number of carbonyl (C=O) groups excluding carboxylic acids is 9. The standard InChI is InChI=1S/C48H72N8O11/c1-12-26(7)37-47(66)67-29(10)38(53-41(60)32(18-19-35(49)58)50-40(59)25(5)6)44(63)51-33(22-24(3)4)42(61)54-48-20-21-56(45(64)36(48)28(48)9)39(27(8)13-2)46(65)55(11)34(43(62)52-37)23-30-14-16-31(57)17-15-30/h14-17,20-21,24-29,32-34,36-39,57H,12-13,18-19,22-23H2,1-11H3,(H2,49,58)(H,50,59)(H,51,63)(H,52,62)(H,53,60)(H,54,61)/t26?,27?,28-,29+,32-,33-,34-,36-,37-,38-,39-,48?/m0/s1. The zero-order valence-electron chi connectivity index (χ0n) is 40.7. The van der Waals surface area contributed by atoms with Crippen molar-refractivity contribution in [1.29, 1.82) is 0 Å². The second-order valence-electron chi connectivity index (χ2n) is 19.3. The number of amides is 8. The van der Waals surface area contributed by atoms with Gasteiger partial charge >= 0.3 is 5.97 Å². The van der Waals surface area contributed by atoms with Gasteiger partial charge in [-0.2, -0.15) is 0 Å². The number of hydrogen-bond donors (Lipinski definition) is 7. The van der Waals surface area contributed by atoms with Crippen LogP contribution in [-0.4, -0.2) is 123 Å². The summed E-state index contributed by atoms with van der Waals surface area (Å²) in [7, 11) is 1.45.